The zero-order valence-corrected chi connectivity index (χ0v) is 11.9. The van der Waals surface area contributed by atoms with E-state index in [-0.39, 0.29) is 27.7 Å². The summed E-state index contributed by atoms with van der Waals surface area (Å²) in [4.78, 5) is 28.3. The predicted molar refractivity (Wildman–Crippen MR) is 71.5 cm³/mol. The van der Waals surface area contributed by atoms with Gasteiger partial charge < -0.3 is 14.6 Å². The summed E-state index contributed by atoms with van der Waals surface area (Å²) in [7, 11) is 0. The topological polar surface area (TPSA) is 62.4 Å². The van der Waals surface area contributed by atoms with Gasteiger partial charge in [-0.2, -0.15) is 0 Å². The third-order valence-electron chi connectivity index (χ3n) is 3.03. The summed E-state index contributed by atoms with van der Waals surface area (Å²) in [5, 5.41) is 0.508. The van der Waals surface area contributed by atoms with E-state index < -0.39 is 6.04 Å². The smallest absolute Gasteiger partial charge is 0.328 e. The Balaban J connectivity index is 2.15. The van der Waals surface area contributed by atoms with Gasteiger partial charge in [-0.15, -0.1) is 0 Å². The van der Waals surface area contributed by atoms with Crippen LogP contribution in [0.1, 0.15) is 30.3 Å². The first-order valence-corrected chi connectivity index (χ1v) is 6.81. The Kier molecular flexibility index (Phi) is 4.37. The van der Waals surface area contributed by atoms with Gasteiger partial charge in [0.15, 0.2) is 0 Å². The van der Waals surface area contributed by atoms with Crippen LogP contribution in [0.2, 0.25) is 10.2 Å². The lowest BCUT2D eigenvalue weighted by Crippen LogP contribution is -2.41. The van der Waals surface area contributed by atoms with Crippen molar-refractivity contribution in [2.45, 2.75) is 25.8 Å². The molecule has 0 aliphatic carbocycles. The number of H-pyrrole nitrogens is 1. The van der Waals surface area contributed by atoms with Crippen LogP contribution < -0.4 is 0 Å². The van der Waals surface area contributed by atoms with Gasteiger partial charge in [0.25, 0.3) is 5.91 Å². The molecule has 0 aromatic carbocycles. The summed E-state index contributed by atoms with van der Waals surface area (Å²) >= 11 is 11.6. The van der Waals surface area contributed by atoms with Crippen molar-refractivity contribution in [1.29, 1.82) is 0 Å². The number of carbonyl (C=O) groups is 2. The van der Waals surface area contributed by atoms with Gasteiger partial charge in [0, 0.05) is 6.54 Å². The number of hydrogen-bond donors (Lipinski definition) is 1. The molecule has 1 aromatic rings. The fourth-order valence-corrected chi connectivity index (χ4v) is 2.48. The fraction of sp³-hybridized carbons (Fsp3) is 0.500. The van der Waals surface area contributed by atoms with Crippen molar-refractivity contribution in [3.05, 3.63) is 21.9 Å². The van der Waals surface area contributed by atoms with Crippen LogP contribution in [0, 0.1) is 0 Å². The number of hydrogen-bond acceptors (Lipinski definition) is 3. The second-order valence-corrected chi connectivity index (χ2v) is 5.04. The van der Waals surface area contributed by atoms with Crippen LogP contribution in [0.15, 0.2) is 6.07 Å². The molecule has 5 nitrogen and oxygen atoms in total. The van der Waals surface area contributed by atoms with Gasteiger partial charge in [0.2, 0.25) is 0 Å². The molecule has 1 unspecified atom stereocenters. The molecule has 19 heavy (non-hydrogen) atoms. The summed E-state index contributed by atoms with van der Waals surface area (Å²) in [6.07, 6.45) is 1.39. The molecular formula is C12H14Cl2N2O3. The highest BCUT2D eigenvalue weighted by Crippen LogP contribution is 2.25. The number of aromatic nitrogens is 1. The number of amides is 1. The third kappa shape index (κ3) is 2.87. The molecule has 7 heteroatoms. The normalized spacial score (nSPS) is 18.7. The van der Waals surface area contributed by atoms with Crippen molar-refractivity contribution >= 4 is 35.1 Å². The van der Waals surface area contributed by atoms with Crippen LogP contribution in [0.3, 0.4) is 0 Å². The quantitative estimate of drug-likeness (QED) is 0.873. The number of ether oxygens (including phenoxy) is 1. The molecule has 0 saturated carbocycles. The minimum absolute atomic E-state index is 0.219. The second kappa shape index (κ2) is 5.84. The Morgan fingerprint density at radius 2 is 2.26 bits per heavy atom. The highest BCUT2D eigenvalue weighted by molar-refractivity contribution is 6.41. The molecule has 1 saturated heterocycles. The number of nitrogens with zero attached hydrogens (tertiary/aromatic N) is 1. The maximum atomic E-state index is 12.3. The number of nitrogens with one attached hydrogen (secondary N) is 1. The average Bonchev–Trinajstić information content (AvgIpc) is 2.97. The molecule has 2 rings (SSSR count). The number of carbonyl (C=O) groups excluding carboxylic acids is 2. The first-order chi connectivity index (χ1) is 9.04. The van der Waals surface area contributed by atoms with Crippen LogP contribution in [0.25, 0.3) is 0 Å². The highest BCUT2D eigenvalue weighted by Gasteiger charge is 2.36. The van der Waals surface area contributed by atoms with Gasteiger partial charge >= 0.3 is 5.97 Å². The zero-order valence-electron chi connectivity index (χ0n) is 10.4. The number of halogens is 2. The number of aromatic amines is 1. The van der Waals surface area contributed by atoms with Gasteiger partial charge in [0.1, 0.15) is 16.9 Å². The zero-order chi connectivity index (χ0) is 14.0. The van der Waals surface area contributed by atoms with Crippen molar-refractivity contribution in [1.82, 2.24) is 9.88 Å². The van der Waals surface area contributed by atoms with Crippen LogP contribution in [0.5, 0.6) is 0 Å². The minimum Gasteiger partial charge on any atom is -0.464 e. The third-order valence-corrected chi connectivity index (χ3v) is 3.72. The van der Waals surface area contributed by atoms with E-state index in [0.717, 1.165) is 6.42 Å². The van der Waals surface area contributed by atoms with Crippen molar-refractivity contribution in [3.63, 3.8) is 0 Å². The summed E-state index contributed by atoms with van der Waals surface area (Å²) in [5.41, 5.74) is 0.284. The van der Waals surface area contributed by atoms with Crippen molar-refractivity contribution in [2.24, 2.45) is 0 Å². The molecule has 1 aliphatic heterocycles. The van der Waals surface area contributed by atoms with E-state index in [1.807, 2.05) is 0 Å². The second-order valence-electron chi connectivity index (χ2n) is 4.25. The Morgan fingerprint density at radius 3 is 2.84 bits per heavy atom. The van der Waals surface area contributed by atoms with E-state index in [2.05, 4.69) is 4.98 Å². The van der Waals surface area contributed by atoms with Crippen LogP contribution in [-0.2, 0) is 9.53 Å². The van der Waals surface area contributed by atoms with Gasteiger partial charge in [0.05, 0.1) is 11.6 Å². The first kappa shape index (κ1) is 14.2. The largest absolute Gasteiger partial charge is 0.464 e. The number of rotatable bonds is 3. The molecule has 2 heterocycles. The Labute approximate surface area is 120 Å². The minimum atomic E-state index is -0.520. The van der Waals surface area contributed by atoms with E-state index in [1.54, 1.807) is 6.92 Å². The lowest BCUT2D eigenvalue weighted by Gasteiger charge is -2.22. The van der Waals surface area contributed by atoms with Crippen molar-refractivity contribution in [2.75, 3.05) is 13.2 Å². The molecule has 1 aliphatic rings. The van der Waals surface area contributed by atoms with E-state index in [1.165, 1.54) is 11.0 Å². The molecule has 1 aromatic heterocycles. The monoisotopic (exact) mass is 304 g/mol. The molecule has 1 fully saturated rings. The Hall–Kier alpha value is -1.20. The van der Waals surface area contributed by atoms with Gasteiger partial charge in [-0.25, -0.2) is 4.79 Å². The van der Waals surface area contributed by atoms with Crippen molar-refractivity contribution in [3.8, 4) is 0 Å². The number of esters is 1. The standard InChI is InChI=1S/C12H14Cl2N2O3/c1-2-19-12(18)9-4-3-5-16(9)11(17)8-6-7(13)10(14)15-8/h6,9,15H,2-5H2,1H3. The van der Waals surface area contributed by atoms with Crippen LogP contribution >= 0.6 is 23.2 Å². The molecule has 0 spiro atoms. The first-order valence-electron chi connectivity index (χ1n) is 6.06. The maximum absolute atomic E-state index is 12.3. The number of likely N-dealkylation sites (tertiary alicyclic amines) is 1. The van der Waals surface area contributed by atoms with E-state index in [0.29, 0.717) is 19.6 Å². The highest BCUT2D eigenvalue weighted by atomic mass is 35.5. The average molecular weight is 305 g/mol. The molecule has 1 atom stereocenters. The van der Waals surface area contributed by atoms with E-state index in [9.17, 15) is 9.59 Å². The summed E-state index contributed by atoms with van der Waals surface area (Å²) < 4.78 is 4.98. The molecule has 0 radical (unpaired) electrons. The van der Waals surface area contributed by atoms with Crippen LogP contribution in [-0.4, -0.2) is 41.0 Å². The molecule has 1 amide bonds. The maximum Gasteiger partial charge on any atom is 0.328 e. The van der Waals surface area contributed by atoms with Gasteiger partial charge in [-0.3, -0.25) is 4.79 Å². The Morgan fingerprint density at radius 1 is 1.53 bits per heavy atom. The van der Waals surface area contributed by atoms with Gasteiger partial charge in [-0.1, -0.05) is 23.2 Å². The van der Waals surface area contributed by atoms with E-state index >= 15 is 0 Å². The van der Waals surface area contributed by atoms with Gasteiger partial charge in [-0.05, 0) is 25.8 Å². The molecule has 1 N–H and O–H groups in total. The summed E-state index contributed by atoms with van der Waals surface area (Å²) in [6.45, 7) is 2.57. The molecular weight excluding hydrogens is 291 g/mol. The van der Waals surface area contributed by atoms with Crippen molar-refractivity contribution < 1.29 is 14.3 Å². The lowest BCUT2D eigenvalue weighted by molar-refractivity contribution is -0.147. The SMILES string of the molecule is CCOC(=O)C1CCCN1C(=O)c1cc(Cl)c(Cl)[nH]1. The Bertz CT molecular complexity index is 482. The van der Waals surface area contributed by atoms with Crippen LogP contribution in [0.4, 0.5) is 0 Å². The lowest BCUT2D eigenvalue weighted by atomic mass is 10.2. The summed E-state index contributed by atoms with van der Waals surface area (Å²) in [5.74, 6) is -0.651. The molecule has 104 valence electrons. The summed E-state index contributed by atoms with van der Waals surface area (Å²) in [6, 6.07) is 0.945. The predicted octanol–water partition coefficient (Wildman–Crippen LogP) is 2.49. The van der Waals surface area contributed by atoms with E-state index in [4.69, 9.17) is 27.9 Å². The molecule has 0 bridgehead atoms. The fourth-order valence-electron chi connectivity index (χ4n) is 2.17.